The molecular weight excluding hydrogens is 432 g/mol. The van der Waals surface area contributed by atoms with Gasteiger partial charge in [-0.25, -0.2) is 9.78 Å². The third kappa shape index (κ3) is 5.83. The summed E-state index contributed by atoms with van der Waals surface area (Å²) < 4.78 is 5.34. The summed E-state index contributed by atoms with van der Waals surface area (Å²) in [5.41, 5.74) is 3.79. The predicted octanol–water partition coefficient (Wildman–Crippen LogP) is 4.89. The first-order valence-corrected chi connectivity index (χ1v) is 11.5. The van der Waals surface area contributed by atoms with Gasteiger partial charge >= 0.3 is 6.03 Å². The Labute approximate surface area is 191 Å². The van der Waals surface area contributed by atoms with E-state index in [0.717, 1.165) is 65.2 Å². The molecule has 6 nitrogen and oxygen atoms in total. The zero-order chi connectivity index (χ0) is 21.6. The summed E-state index contributed by atoms with van der Waals surface area (Å²) >= 11 is 7.68. The number of urea groups is 1. The first-order chi connectivity index (χ1) is 15.1. The Bertz CT molecular complexity index is 1020. The van der Waals surface area contributed by atoms with E-state index in [1.807, 2.05) is 55.5 Å². The lowest BCUT2D eigenvalue weighted by Crippen LogP contribution is -2.42. The fourth-order valence-corrected chi connectivity index (χ4v) is 4.53. The fraction of sp³-hybridized carbons (Fsp3) is 0.304. The highest BCUT2D eigenvalue weighted by atomic mass is 35.5. The van der Waals surface area contributed by atoms with E-state index in [0.29, 0.717) is 11.6 Å². The molecule has 1 saturated heterocycles. The number of ether oxygens (including phenoxy) is 1. The van der Waals surface area contributed by atoms with Gasteiger partial charge in [-0.05, 0) is 36.8 Å². The number of carbonyl (C=O) groups is 1. The van der Waals surface area contributed by atoms with Crippen LogP contribution in [0, 0.1) is 6.92 Å². The van der Waals surface area contributed by atoms with Crippen molar-refractivity contribution in [2.75, 3.05) is 44.7 Å². The lowest BCUT2D eigenvalue weighted by atomic mass is 10.1. The molecule has 162 valence electrons. The van der Waals surface area contributed by atoms with Crippen LogP contribution in [0.15, 0.2) is 48.5 Å². The highest BCUT2D eigenvalue weighted by molar-refractivity contribution is 7.15. The molecule has 0 bridgehead atoms. The zero-order valence-electron chi connectivity index (χ0n) is 17.4. The van der Waals surface area contributed by atoms with Gasteiger partial charge in [0.25, 0.3) is 0 Å². The molecule has 1 aromatic heterocycles. The van der Waals surface area contributed by atoms with Crippen LogP contribution in [0.5, 0.6) is 0 Å². The van der Waals surface area contributed by atoms with Crippen LogP contribution in [-0.2, 0) is 4.74 Å². The van der Waals surface area contributed by atoms with Gasteiger partial charge in [0.1, 0.15) is 0 Å². The average molecular weight is 457 g/mol. The van der Waals surface area contributed by atoms with Crippen molar-refractivity contribution in [2.24, 2.45) is 0 Å². The van der Waals surface area contributed by atoms with Crippen molar-refractivity contribution in [3.8, 4) is 21.7 Å². The minimum atomic E-state index is -0.198. The van der Waals surface area contributed by atoms with Gasteiger partial charge in [0, 0.05) is 42.5 Å². The number of halogens is 1. The van der Waals surface area contributed by atoms with Gasteiger partial charge in [-0.3, -0.25) is 4.90 Å². The number of morpholine rings is 1. The molecule has 1 aliphatic heterocycles. The van der Waals surface area contributed by atoms with Crippen molar-refractivity contribution in [1.82, 2.24) is 15.2 Å². The molecule has 8 heteroatoms. The number of aromatic nitrogens is 1. The Kier molecular flexibility index (Phi) is 7.19. The normalized spacial score (nSPS) is 14.4. The number of carbonyl (C=O) groups excluding carboxylic acids is 1. The van der Waals surface area contributed by atoms with Crippen LogP contribution in [0.3, 0.4) is 0 Å². The Morgan fingerprint density at radius 2 is 1.77 bits per heavy atom. The molecule has 31 heavy (non-hydrogen) atoms. The van der Waals surface area contributed by atoms with E-state index in [9.17, 15) is 4.79 Å². The molecule has 0 atom stereocenters. The van der Waals surface area contributed by atoms with Crippen molar-refractivity contribution >= 4 is 34.7 Å². The van der Waals surface area contributed by atoms with Crippen LogP contribution in [0.4, 0.5) is 10.5 Å². The van der Waals surface area contributed by atoms with E-state index >= 15 is 0 Å². The second-order valence-corrected chi connectivity index (χ2v) is 8.97. The largest absolute Gasteiger partial charge is 0.379 e. The molecule has 0 aliphatic carbocycles. The highest BCUT2D eigenvalue weighted by Gasteiger charge is 2.14. The minimum Gasteiger partial charge on any atom is -0.379 e. The lowest BCUT2D eigenvalue weighted by Gasteiger charge is -2.26. The summed E-state index contributed by atoms with van der Waals surface area (Å²) in [6.45, 7) is 6.79. The molecule has 2 amide bonds. The monoisotopic (exact) mass is 456 g/mol. The number of hydrogen-bond donors (Lipinski definition) is 2. The zero-order valence-corrected chi connectivity index (χ0v) is 18.9. The summed E-state index contributed by atoms with van der Waals surface area (Å²) in [5.74, 6) is 0. The molecule has 3 aromatic rings. The molecule has 2 heterocycles. The SMILES string of the molecule is Cc1nc(-c2ccc(Cl)cc2)c(-c2ccc(NC(=O)NCCN3CCOCC3)cc2)s1. The van der Waals surface area contributed by atoms with Crippen LogP contribution >= 0.6 is 22.9 Å². The maximum atomic E-state index is 12.2. The molecule has 0 saturated carbocycles. The second-order valence-electron chi connectivity index (χ2n) is 7.33. The summed E-state index contributed by atoms with van der Waals surface area (Å²) in [4.78, 5) is 20.3. The summed E-state index contributed by atoms with van der Waals surface area (Å²) in [7, 11) is 0. The van der Waals surface area contributed by atoms with Gasteiger partial charge in [0.2, 0.25) is 0 Å². The molecule has 4 rings (SSSR count). The number of amides is 2. The molecule has 1 fully saturated rings. The number of benzene rings is 2. The number of nitrogens with zero attached hydrogens (tertiary/aromatic N) is 2. The molecule has 1 aliphatic rings. The highest BCUT2D eigenvalue weighted by Crippen LogP contribution is 2.37. The van der Waals surface area contributed by atoms with Gasteiger partial charge in [0.05, 0.1) is 28.8 Å². The molecule has 2 N–H and O–H groups in total. The Balaban J connectivity index is 1.37. The maximum Gasteiger partial charge on any atom is 0.319 e. The molecule has 0 radical (unpaired) electrons. The first-order valence-electron chi connectivity index (χ1n) is 10.3. The quantitative estimate of drug-likeness (QED) is 0.554. The molecule has 0 unspecified atom stereocenters. The Morgan fingerprint density at radius 3 is 2.48 bits per heavy atom. The van der Waals surface area contributed by atoms with Crippen molar-refractivity contribution in [3.63, 3.8) is 0 Å². The van der Waals surface area contributed by atoms with Gasteiger partial charge in [0.15, 0.2) is 0 Å². The van der Waals surface area contributed by atoms with E-state index in [4.69, 9.17) is 21.3 Å². The summed E-state index contributed by atoms with van der Waals surface area (Å²) in [5, 5.41) is 7.51. The van der Waals surface area contributed by atoms with Crippen LogP contribution in [0.1, 0.15) is 5.01 Å². The number of thiazole rings is 1. The van der Waals surface area contributed by atoms with Crippen LogP contribution in [-0.4, -0.2) is 55.3 Å². The average Bonchev–Trinajstić information content (AvgIpc) is 3.17. The number of rotatable bonds is 6. The van der Waals surface area contributed by atoms with E-state index in [2.05, 4.69) is 15.5 Å². The smallest absolute Gasteiger partial charge is 0.319 e. The lowest BCUT2D eigenvalue weighted by molar-refractivity contribution is 0.0388. The molecular formula is C23H25ClN4O2S. The minimum absolute atomic E-state index is 0.198. The third-order valence-corrected chi connectivity index (χ3v) is 6.35. The number of nitrogens with one attached hydrogen (secondary N) is 2. The van der Waals surface area contributed by atoms with E-state index in [-0.39, 0.29) is 6.03 Å². The number of aryl methyl sites for hydroxylation is 1. The van der Waals surface area contributed by atoms with E-state index in [1.54, 1.807) is 11.3 Å². The summed E-state index contributed by atoms with van der Waals surface area (Å²) in [6, 6.07) is 15.4. The number of hydrogen-bond acceptors (Lipinski definition) is 5. The predicted molar refractivity (Wildman–Crippen MR) is 127 cm³/mol. The van der Waals surface area contributed by atoms with Gasteiger partial charge in [-0.1, -0.05) is 35.9 Å². The van der Waals surface area contributed by atoms with Gasteiger partial charge < -0.3 is 15.4 Å². The van der Waals surface area contributed by atoms with Crippen LogP contribution in [0.2, 0.25) is 5.02 Å². The van der Waals surface area contributed by atoms with Crippen molar-refractivity contribution in [1.29, 1.82) is 0 Å². The van der Waals surface area contributed by atoms with E-state index in [1.165, 1.54) is 0 Å². The van der Waals surface area contributed by atoms with Crippen molar-refractivity contribution < 1.29 is 9.53 Å². The van der Waals surface area contributed by atoms with Crippen LogP contribution < -0.4 is 10.6 Å². The summed E-state index contributed by atoms with van der Waals surface area (Å²) in [6.07, 6.45) is 0. The first kappa shape index (κ1) is 21.8. The number of anilines is 1. The fourth-order valence-electron chi connectivity index (χ4n) is 3.46. The van der Waals surface area contributed by atoms with Crippen LogP contribution in [0.25, 0.3) is 21.7 Å². The topological polar surface area (TPSA) is 66.5 Å². The molecule has 2 aromatic carbocycles. The van der Waals surface area contributed by atoms with Gasteiger partial charge in [-0.2, -0.15) is 0 Å². The second kappa shape index (κ2) is 10.2. The Morgan fingerprint density at radius 1 is 1.10 bits per heavy atom. The van der Waals surface area contributed by atoms with Crippen molar-refractivity contribution in [3.05, 3.63) is 58.6 Å². The third-order valence-electron chi connectivity index (χ3n) is 5.07. The standard InChI is InChI=1S/C23H25ClN4O2S/c1-16-26-21(17-2-6-19(24)7-3-17)22(31-16)18-4-8-20(9-5-18)27-23(29)25-10-11-28-12-14-30-15-13-28/h2-9H,10-15H2,1H3,(H2,25,27,29). The van der Waals surface area contributed by atoms with Gasteiger partial charge in [-0.15, -0.1) is 11.3 Å². The maximum absolute atomic E-state index is 12.2. The van der Waals surface area contributed by atoms with Crippen molar-refractivity contribution in [2.45, 2.75) is 6.92 Å². The Hall–Kier alpha value is -2.45. The molecule has 0 spiro atoms. The van der Waals surface area contributed by atoms with E-state index < -0.39 is 0 Å².